The van der Waals surface area contributed by atoms with Crippen LogP contribution in [0.1, 0.15) is 11.1 Å². The third kappa shape index (κ3) is 3.60. The fourth-order valence-corrected chi connectivity index (χ4v) is 2.44. The van der Waals surface area contributed by atoms with Crippen molar-refractivity contribution in [3.8, 4) is 11.4 Å². The summed E-state index contributed by atoms with van der Waals surface area (Å²) in [7, 11) is 0. The summed E-state index contributed by atoms with van der Waals surface area (Å²) >= 11 is 5.89. The number of aryl methyl sites for hydroxylation is 2. The highest BCUT2D eigenvalue weighted by Crippen LogP contribution is 2.19. The number of hydrogen-bond acceptors (Lipinski definition) is 4. The molecule has 0 unspecified atom stereocenters. The number of benzene rings is 2. The Bertz CT molecular complexity index is 873. The van der Waals surface area contributed by atoms with Gasteiger partial charge in [-0.05, 0) is 65.7 Å². The van der Waals surface area contributed by atoms with Crippen LogP contribution >= 0.6 is 11.6 Å². The molecule has 0 saturated heterocycles. The SMILES string of the molecule is Cc1ccc(C)c(NC(=O)Cn2nnnc2-c2ccc(Cl)cc2)c1. The molecule has 2 aromatic carbocycles. The van der Waals surface area contributed by atoms with E-state index < -0.39 is 0 Å². The van der Waals surface area contributed by atoms with E-state index in [-0.39, 0.29) is 12.5 Å². The lowest BCUT2D eigenvalue weighted by Gasteiger charge is -2.10. The summed E-state index contributed by atoms with van der Waals surface area (Å²) < 4.78 is 1.46. The highest BCUT2D eigenvalue weighted by atomic mass is 35.5. The smallest absolute Gasteiger partial charge is 0.246 e. The van der Waals surface area contributed by atoms with Crippen molar-refractivity contribution in [2.45, 2.75) is 20.4 Å². The topological polar surface area (TPSA) is 72.7 Å². The van der Waals surface area contributed by atoms with E-state index in [1.807, 2.05) is 44.2 Å². The van der Waals surface area contributed by atoms with Crippen molar-refractivity contribution in [3.05, 3.63) is 58.6 Å². The molecule has 0 aliphatic heterocycles. The van der Waals surface area contributed by atoms with Crippen molar-refractivity contribution in [2.24, 2.45) is 0 Å². The molecule has 1 amide bonds. The summed E-state index contributed by atoms with van der Waals surface area (Å²) in [5, 5.41) is 15.1. The number of amides is 1. The number of nitrogens with one attached hydrogen (secondary N) is 1. The summed E-state index contributed by atoms with van der Waals surface area (Å²) in [6.07, 6.45) is 0. The number of halogens is 1. The first-order valence-corrected chi connectivity index (χ1v) is 7.80. The summed E-state index contributed by atoms with van der Waals surface area (Å²) in [5.41, 5.74) is 3.67. The van der Waals surface area contributed by atoms with Crippen molar-refractivity contribution < 1.29 is 4.79 Å². The van der Waals surface area contributed by atoms with Crippen molar-refractivity contribution in [1.82, 2.24) is 20.2 Å². The van der Waals surface area contributed by atoms with Crippen LogP contribution in [0.25, 0.3) is 11.4 Å². The van der Waals surface area contributed by atoms with Gasteiger partial charge >= 0.3 is 0 Å². The first-order chi connectivity index (χ1) is 11.5. The largest absolute Gasteiger partial charge is 0.324 e. The molecule has 0 atom stereocenters. The lowest BCUT2D eigenvalue weighted by molar-refractivity contribution is -0.116. The summed E-state index contributed by atoms with van der Waals surface area (Å²) in [6, 6.07) is 13.1. The number of aromatic nitrogens is 4. The molecule has 0 aliphatic rings. The maximum atomic E-state index is 12.3. The molecule has 0 fully saturated rings. The van der Waals surface area contributed by atoms with Gasteiger partial charge in [-0.15, -0.1) is 5.10 Å². The first kappa shape index (κ1) is 16.1. The Morgan fingerprint density at radius 2 is 1.92 bits per heavy atom. The normalized spacial score (nSPS) is 10.6. The Labute approximate surface area is 144 Å². The predicted octanol–water partition coefficient (Wildman–Crippen LogP) is 3.25. The van der Waals surface area contributed by atoms with E-state index in [9.17, 15) is 4.79 Å². The molecule has 1 heterocycles. The van der Waals surface area contributed by atoms with E-state index in [0.717, 1.165) is 22.4 Å². The second-order valence-corrected chi connectivity index (χ2v) is 5.97. The molecule has 24 heavy (non-hydrogen) atoms. The molecule has 0 aliphatic carbocycles. The molecule has 0 bridgehead atoms. The van der Waals surface area contributed by atoms with Gasteiger partial charge in [-0.3, -0.25) is 4.79 Å². The maximum absolute atomic E-state index is 12.3. The lowest BCUT2D eigenvalue weighted by atomic mass is 10.1. The third-order valence-electron chi connectivity index (χ3n) is 3.59. The molecule has 0 saturated carbocycles. The second-order valence-electron chi connectivity index (χ2n) is 5.53. The van der Waals surface area contributed by atoms with Crippen LogP contribution in [-0.2, 0) is 11.3 Å². The molecule has 0 radical (unpaired) electrons. The molecular weight excluding hydrogens is 326 g/mol. The van der Waals surface area contributed by atoms with Crippen LogP contribution < -0.4 is 5.32 Å². The fraction of sp³-hybridized carbons (Fsp3) is 0.176. The van der Waals surface area contributed by atoms with Crippen LogP contribution in [0.5, 0.6) is 0 Å². The first-order valence-electron chi connectivity index (χ1n) is 7.42. The van der Waals surface area contributed by atoms with Gasteiger partial charge in [-0.2, -0.15) is 0 Å². The van der Waals surface area contributed by atoms with E-state index in [1.165, 1.54) is 4.68 Å². The van der Waals surface area contributed by atoms with E-state index >= 15 is 0 Å². The van der Waals surface area contributed by atoms with Crippen molar-refractivity contribution >= 4 is 23.2 Å². The van der Waals surface area contributed by atoms with Gasteiger partial charge in [0.1, 0.15) is 6.54 Å². The van der Waals surface area contributed by atoms with Crippen LogP contribution in [0.4, 0.5) is 5.69 Å². The molecule has 122 valence electrons. The van der Waals surface area contributed by atoms with Crippen LogP contribution in [0.3, 0.4) is 0 Å². The van der Waals surface area contributed by atoms with Crippen LogP contribution in [0, 0.1) is 13.8 Å². The minimum absolute atomic E-state index is 0.0261. The number of rotatable bonds is 4. The zero-order valence-electron chi connectivity index (χ0n) is 13.3. The van der Waals surface area contributed by atoms with Gasteiger partial charge in [0.25, 0.3) is 0 Å². The Morgan fingerprint density at radius 1 is 1.17 bits per heavy atom. The number of anilines is 1. The predicted molar refractivity (Wildman–Crippen MR) is 92.8 cm³/mol. The van der Waals surface area contributed by atoms with Gasteiger partial charge < -0.3 is 5.32 Å². The van der Waals surface area contributed by atoms with Crippen LogP contribution in [0.15, 0.2) is 42.5 Å². The molecule has 3 rings (SSSR count). The van der Waals surface area contributed by atoms with Crippen LogP contribution in [0.2, 0.25) is 5.02 Å². The van der Waals surface area contributed by atoms with Gasteiger partial charge in [0.15, 0.2) is 5.82 Å². The molecule has 3 aromatic rings. The molecule has 0 spiro atoms. The highest BCUT2D eigenvalue weighted by Gasteiger charge is 2.13. The van der Waals surface area contributed by atoms with Crippen molar-refractivity contribution in [2.75, 3.05) is 5.32 Å². The van der Waals surface area contributed by atoms with E-state index in [4.69, 9.17) is 11.6 Å². The molecule has 1 N–H and O–H groups in total. The Morgan fingerprint density at radius 3 is 2.67 bits per heavy atom. The van der Waals surface area contributed by atoms with Crippen LogP contribution in [-0.4, -0.2) is 26.1 Å². The Hall–Kier alpha value is -2.73. The summed E-state index contributed by atoms with van der Waals surface area (Å²) in [6.45, 7) is 3.96. The van der Waals surface area contributed by atoms with Gasteiger partial charge in [0.2, 0.25) is 5.91 Å². The Kier molecular flexibility index (Phi) is 4.57. The van der Waals surface area contributed by atoms with E-state index in [0.29, 0.717) is 10.8 Å². The number of nitrogens with zero attached hydrogens (tertiary/aromatic N) is 4. The molecule has 7 heteroatoms. The number of hydrogen-bond donors (Lipinski definition) is 1. The molecule has 6 nitrogen and oxygen atoms in total. The average molecular weight is 342 g/mol. The van der Waals surface area contributed by atoms with Crippen molar-refractivity contribution in [3.63, 3.8) is 0 Å². The summed E-state index contributed by atoms with van der Waals surface area (Å²) in [5.74, 6) is 0.328. The fourth-order valence-electron chi connectivity index (χ4n) is 2.31. The van der Waals surface area contributed by atoms with E-state index in [2.05, 4.69) is 20.8 Å². The number of carbonyl (C=O) groups is 1. The second kappa shape index (κ2) is 6.80. The zero-order chi connectivity index (χ0) is 17.1. The van der Waals surface area contributed by atoms with Gasteiger partial charge in [0.05, 0.1) is 0 Å². The monoisotopic (exact) mass is 341 g/mol. The number of carbonyl (C=O) groups excluding carboxylic acids is 1. The number of tetrazole rings is 1. The van der Waals surface area contributed by atoms with Gasteiger partial charge in [0, 0.05) is 16.3 Å². The summed E-state index contributed by atoms with van der Waals surface area (Å²) in [4.78, 5) is 12.3. The molecule has 1 aromatic heterocycles. The van der Waals surface area contributed by atoms with Gasteiger partial charge in [-0.25, -0.2) is 4.68 Å². The highest BCUT2D eigenvalue weighted by molar-refractivity contribution is 6.30. The lowest BCUT2D eigenvalue weighted by Crippen LogP contribution is -2.20. The van der Waals surface area contributed by atoms with E-state index in [1.54, 1.807) is 12.1 Å². The minimum atomic E-state index is -0.189. The Balaban J connectivity index is 1.77. The average Bonchev–Trinajstić information content (AvgIpc) is 2.99. The maximum Gasteiger partial charge on any atom is 0.246 e. The molecular formula is C17H16ClN5O. The standard InChI is InChI=1S/C17H16ClN5O/c1-11-3-4-12(2)15(9-11)19-16(24)10-23-17(20-21-22-23)13-5-7-14(18)8-6-13/h3-9H,10H2,1-2H3,(H,19,24). The van der Waals surface area contributed by atoms with Crippen molar-refractivity contribution in [1.29, 1.82) is 0 Å². The quantitative estimate of drug-likeness (QED) is 0.790. The minimum Gasteiger partial charge on any atom is -0.324 e. The zero-order valence-corrected chi connectivity index (χ0v) is 14.1. The third-order valence-corrected chi connectivity index (χ3v) is 3.85. The van der Waals surface area contributed by atoms with Gasteiger partial charge in [-0.1, -0.05) is 23.7 Å².